The molecule has 0 bridgehead atoms. The smallest absolute Gasteiger partial charge is 0.333 e. The highest BCUT2D eigenvalue weighted by Crippen LogP contribution is 2.11. The molecular formula is C15H26O6. The Morgan fingerprint density at radius 3 is 2.38 bits per heavy atom. The zero-order valence-electron chi connectivity index (χ0n) is 13.4. The van der Waals surface area contributed by atoms with Crippen LogP contribution < -0.4 is 0 Å². The second kappa shape index (κ2) is 10.3. The topological polar surface area (TPSA) is 71.1 Å². The molecule has 0 amide bonds. The monoisotopic (exact) mass is 302 g/mol. The molecule has 21 heavy (non-hydrogen) atoms. The van der Waals surface area contributed by atoms with Gasteiger partial charge in [0.15, 0.2) is 0 Å². The van der Waals surface area contributed by atoms with E-state index in [1.54, 1.807) is 27.9 Å². The summed E-state index contributed by atoms with van der Waals surface area (Å²) in [6.07, 6.45) is 0.828. The summed E-state index contributed by atoms with van der Waals surface area (Å²) in [6, 6.07) is 0. The zero-order chi connectivity index (χ0) is 16.3. The minimum atomic E-state index is -0.622. The van der Waals surface area contributed by atoms with Crippen LogP contribution in [0.15, 0.2) is 12.2 Å². The molecule has 0 saturated carbocycles. The van der Waals surface area contributed by atoms with Crippen molar-refractivity contribution in [3.8, 4) is 0 Å². The summed E-state index contributed by atoms with van der Waals surface area (Å²) in [4.78, 5) is 22.6. The van der Waals surface area contributed by atoms with Gasteiger partial charge in [0.05, 0.1) is 13.2 Å². The fraction of sp³-hybridized carbons (Fsp3) is 0.733. The van der Waals surface area contributed by atoms with Crippen molar-refractivity contribution in [1.29, 1.82) is 0 Å². The molecule has 0 aliphatic carbocycles. The van der Waals surface area contributed by atoms with Crippen LogP contribution in [0.3, 0.4) is 0 Å². The Kier molecular flexibility index (Phi) is 9.65. The van der Waals surface area contributed by atoms with E-state index in [1.807, 2.05) is 0 Å². The maximum Gasteiger partial charge on any atom is 0.333 e. The fourth-order valence-electron chi connectivity index (χ4n) is 1.47. The first-order valence-electron chi connectivity index (χ1n) is 6.89. The van der Waals surface area contributed by atoms with Crippen molar-refractivity contribution in [3.05, 3.63) is 12.2 Å². The van der Waals surface area contributed by atoms with Crippen LogP contribution in [-0.4, -0.2) is 51.1 Å². The summed E-state index contributed by atoms with van der Waals surface area (Å²) < 4.78 is 20.3. The Morgan fingerprint density at radius 1 is 1.14 bits per heavy atom. The van der Waals surface area contributed by atoms with E-state index in [2.05, 4.69) is 6.58 Å². The highest BCUT2D eigenvalue weighted by atomic mass is 16.6. The van der Waals surface area contributed by atoms with E-state index in [0.717, 1.165) is 0 Å². The molecule has 0 unspecified atom stereocenters. The molecule has 0 N–H and O–H groups in total. The van der Waals surface area contributed by atoms with Gasteiger partial charge in [-0.3, -0.25) is 4.79 Å². The predicted molar refractivity (Wildman–Crippen MR) is 77.9 cm³/mol. The Bertz CT molecular complexity index is 348. The number of hydrogen-bond acceptors (Lipinski definition) is 6. The lowest BCUT2D eigenvalue weighted by Crippen LogP contribution is -2.33. The van der Waals surface area contributed by atoms with Crippen LogP contribution in [-0.2, 0) is 28.5 Å². The predicted octanol–water partition coefficient (Wildman–Crippen LogP) is 1.87. The molecule has 122 valence electrons. The summed E-state index contributed by atoms with van der Waals surface area (Å²) in [7, 11) is 1.56. The highest BCUT2D eigenvalue weighted by Gasteiger charge is 2.22. The van der Waals surface area contributed by atoms with E-state index >= 15 is 0 Å². The quantitative estimate of drug-likeness (QED) is 0.330. The van der Waals surface area contributed by atoms with Crippen LogP contribution in [0, 0.1) is 0 Å². The molecular weight excluding hydrogens is 276 g/mol. The van der Waals surface area contributed by atoms with Gasteiger partial charge in [0.25, 0.3) is 0 Å². The largest absolute Gasteiger partial charge is 0.460 e. The van der Waals surface area contributed by atoms with Crippen molar-refractivity contribution < 1.29 is 28.5 Å². The van der Waals surface area contributed by atoms with Gasteiger partial charge in [0.1, 0.15) is 12.2 Å². The summed E-state index contributed by atoms with van der Waals surface area (Å²) >= 11 is 0. The second-order valence-electron chi connectivity index (χ2n) is 5.30. The summed E-state index contributed by atoms with van der Waals surface area (Å²) in [5.41, 5.74) is -0.264. The van der Waals surface area contributed by atoms with Crippen molar-refractivity contribution in [3.63, 3.8) is 0 Å². The third kappa shape index (κ3) is 11.0. The lowest BCUT2D eigenvalue weighted by atomic mass is 10.1. The molecule has 0 aliphatic heterocycles. The molecule has 0 saturated heterocycles. The van der Waals surface area contributed by atoms with Crippen molar-refractivity contribution in [2.24, 2.45) is 0 Å². The van der Waals surface area contributed by atoms with Crippen LogP contribution in [0.25, 0.3) is 0 Å². The first kappa shape index (κ1) is 19.6. The molecule has 0 spiro atoms. The van der Waals surface area contributed by atoms with Gasteiger partial charge >= 0.3 is 11.9 Å². The fourth-order valence-corrected chi connectivity index (χ4v) is 1.47. The van der Waals surface area contributed by atoms with E-state index in [4.69, 9.17) is 18.9 Å². The van der Waals surface area contributed by atoms with Crippen molar-refractivity contribution in [2.45, 2.75) is 39.2 Å². The highest BCUT2D eigenvalue weighted by molar-refractivity contribution is 5.86. The van der Waals surface area contributed by atoms with E-state index in [1.165, 1.54) is 0 Å². The van der Waals surface area contributed by atoms with Gasteiger partial charge in [-0.25, -0.2) is 4.79 Å². The van der Waals surface area contributed by atoms with Gasteiger partial charge < -0.3 is 18.9 Å². The average Bonchev–Trinajstić information content (AvgIpc) is 2.36. The maximum absolute atomic E-state index is 11.6. The second-order valence-corrected chi connectivity index (χ2v) is 5.30. The number of ether oxygens (including phenoxy) is 4. The van der Waals surface area contributed by atoms with E-state index < -0.39 is 11.6 Å². The molecule has 0 aromatic heterocycles. The SMILES string of the molecule is C=C(C)C(=O)OCCOCCCC(=O)OC(C)(C)COC. The number of methoxy groups -OCH3 is 1. The molecule has 0 aromatic carbocycles. The molecule has 0 aromatic rings. The number of hydrogen-bond donors (Lipinski definition) is 0. The molecule has 0 fully saturated rings. The summed E-state index contributed by atoms with van der Waals surface area (Å²) in [5.74, 6) is -0.711. The van der Waals surface area contributed by atoms with Gasteiger partial charge in [0.2, 0.25) is 0 Å². The molecule has 6 heteroatoms. The first-order chi connectivity index (χ1) is 9.78. The van der Waals surface area contributed by atoms with Gasteiger partial charge in [-0.1, -0.05) is 6.58 Å². The van der Waals surface area contributed by atoms with Crippen LogP contribution in [0.2, 0.25) is 0 Å². The number of carbonyl (C=O) groups is 2. The van der Waals surface area contributed by atoms with Crippen molar-refractivity contribution >= 4 is 11.9 Å². The third-order valence-electron chi connectivity index (χ3n) is 2.36. The van der Waals surface area contributed by atoms with Gasteiger partial charge in [-0.2, -0.15) is 0 Å². The van der Waals surface area contributed by atoms with Crippen molar-refractivity contribution in [2.75, 3.05) is 33.5 Å². The lowest BCUT2D eigenvalue weighted by molar-refractivity contribution is -0.161. The molecule has 0 aliphatic rings. The van der Waals surface area contributed by atoms with Gasteiger partial charge in [0, 0.05) is 25.7 Å². The number of rotatable bonds is 11. The summed E-state index contributed by atoms with van der Waals surface area (Å²) in [5, 5.41) is 0. The lowest BCUT2D eigenvalue weighted by Gasteiger charge is -2.24. The minimum absolute atomic E-state index is 0.178. The normalized spacial score (nSPS) is 11.0. The van der Waals surface area contributed by atoms with Gasteiger partial charge in [-0.15, -0.1) is 0 Å². The average molecular weight is 302 g/mol. The van der Waals surface area contributed by atoms with E-state index in [9.17, 15) is 9.59 Å². The van der Waals surface area contributed by atoms with Crippen LogP contribution in [0.1, 0.15) is 33.6 Å². The molecule has 0 heterocycles. The minimum Gasteiger partial charge on any atom is -0.460 e. The Balaban J connectivity index is 3.57. The van der Waals surface area contributed by atoms with Crippen LogP contribution in [0.4, 0.5) is 0 Å². The van der Waals surface area contributed by atoms with Crippen LogP contribution in [0.5, 0.6) is 0 Å². The van der Waals surface area contributed by atoms with Crippen molar-refractivity contribution in [1.82, 2.24) is 0 Å². The molecule has 0 rings (SSSR count). The van der Waals surface area contributed by atoms with Crippen LogP contribution >= 0.6 is 0 Å². The first-order valence-corrected chi connectivity index (χ1v) is 6.89. The third-order valence-corrected chi connectivity index (χ3v) is 2.36. The molecule has 0 radical (unpaired) electrons. The Hall–Kier alpha value is -1.40. The molecule has 0 atom stereocenters. The Labute approximate surface area is 126 Å². The van der Waals surface area contributed by atoms with E-state index in [-0.39, 0.29) is 19.0 Å². The maximum atomic E-state index is 11.6. The zero-order valence-corrected chi connectivity index (χ0v) is 13.4. The van der Waals surface area contributed by atoms with Gasteiger partial charge in [-0.05, 0) is 27.2 Å². The standard InChI is InChI=1S/C15H26O6/c1-12(2)14(17)20-10-9-19-8-6-7-13(16)21-15(3,4)11-18-5/h1,6-11H2,2-5H3. The summed E-state index contributed by atoms with van der Waals surface area (Å²) in [6.45, 7) is 9.87. The number of esters is 2. The number of carbonyl (C=O) groups excluding carboxylic acids is 2. The molecule has 6 nitrogen and oxygen atoms in total. The Morgan fingerprint density at radius 2 is 1.81 bits per heavy atom. The van der Waals surface area contributed by atoms with E-state index in [0.29, 0.717) is 31.8 Å².